The Bertz CT molecular complexity index is 612. The minimum absolute atomic E-state index is 0.0989. The van der Waals surface area contributed by atoms with Crippen LogP contribution in [0, 0.1) is 25.5 Å². The van der Waals surface area contributed by atoms with E-state index in [0.29, 0.717) is 6.54 Å². The first kappa shape index (κ1) is 15.7. The zero-order chi connectivity index (χ0) is 15.6. The third-order valence-corrected chi connectivity index (χ3v) is 4.03. The summed E-state index contributed by atoms with van der Waals surface area (Å²) in [5.74, 6) is -1.01. The molecule has 0 aliphatic carbocycles. The van der Waals surface area contributed by atoms with Crippen LogP contribution in [0.5, 0.6) is 0 Å². The maximum absolute atomic E-state index is 13.7. The number of hydrogen-bond acceptors (Lipinski definition) is 1. The molecule has 114 valence electrons. The lowest BCUT2D eigenvalue weighted by molar-refractivity contribution is 0.487. The molecule has 0 fully saturated rings. The van der Waals surface area contributed by atoms with Gasteiger partial charge in [-0.05, 0) is 51.5 Å². The summed E-state index contributed by atoms with van der Waals surface area (Å²) in [4.78, 5) is 0. The average Bonchev–Trinajstić information content (AvgIpc) is 2.70. The summed E-state index contributed by atoms with van der Waals surface area (Å²) in [6.07, 6.45) is 0. The predicted molar refractivity (Wildman–Crippen MR) is 81.2 cm³/mol. The van der Waals surface area contributed by atoms with Gasteiger partial charge in [0, 0.05) is 36.1 Å². The van der Waals surface area contributed by atoms with Crippen molar-refractivity contribution in [3.05, 3.63) is 58.4 Å². The Morgan fingerprint density at radius 1 is 1.19 bits per heavy atom. The number of nitrogens with zero attached hydrogens (tertiary/aromatic N) is 1. The molecule has 2 nitrogen and oxygen atoms in total. The molecule has 0 amide bonds. The summed E-state index contributed by atoms with van der Waals surface area (Å²) in [7, 11) is 0. The van der Waals surface area contributed by atoms with E-state index in [1.807, 2.05) is 0 Å². The largest absolute Gasteiger partial charge is 0.349 e. The molecule has 1 N–H and O–H groups in total. The van der Waals surface area contributed by atoms with Crippen LogP contribution in [0.3, 0.4) is 0 Å². The Hall–Kier alpha value is -1.68. The molecule has 1 atom stereocenters. The summed E-state index contributed by atoms with van der Waals surface area (Å²) >= 11 is 0. The zero-order valence-corrected chi connectivity index (χ0v) is 13.0. The van der Waals surface area contributed by atoms with Gasteiger partial charge in [0.1, 0.15) is 11.6 Å². The van der Waals surface area contributed by atoms with Gasteiger partial charge in [-0.15, -0.1) is 0 Å². The molecule has 4 heteroatoms. The van der Waals surface area contributed by atoms with Crippen LogP contribution in [0.1, 0.15) is 42.4 Å². The van der Waals surface area contributed by atoms with E-state index in [1.54, 1.807) is 6.92 Å². The number of hydrogen-bond donors (Lipinski definition) is 1. The van der Waals surface area contributed by atoms with Crippen LogP contribution in [0.15, 0.2) is 24.3 Å². The molecule has 0 bridgehead atoms. The molecule has 0 aliphatic heterocycles. The van der Waals surface area contributed by atoms with E-state index in [-0.39, 0.29) is 11.6 Å². The number of aryl methyl sites for hydroxylation is 1. The van der Waals surface area contributed by atoms with E-state index in [4.69, 9.17) is 0 Å². The van der Waals surface area contributed by atoms with E-state index < -0.39 is 11.6 Å². The molecule has 21 heavy (non-hydrogen) atoms. The molecule has 2 aromatic rings. The normalized spacial score (nSPS) is 12.7. The summed E-state index contributed by atoms with van der Waals surface area (Å²) in [6, 6.07) is 5.71. The van der Waals surface area contributed by atoms with Crippen LogP contribution < -0.4 is 5.32 Å². The minimum Gasteiger partial charge on any atom is -0.349 e. The van der Waals surface area contributed by atoms with Crippen molar-refractivity contribution in [2.45, 2.75) is 46.8 Å². The highest BCUT2D eigenvalue weighted by molar-refractivity contribution is 5.27. The lowest BCUT2D eigenvalue weighted by Crippen LogP contribution is -2.20. The third-order valence-electron chi connectivity index (χ3n) is 4.03. The van der Waals surface area contributed by atoms with Crippen molar-refractivity contribution in [1.29, 1.82) is 0 Å². The Morgan fingerprint density at radius 3 is 2.33 bits per heavy atom. The van der Waals surface area contributed by atoms with Crippen molar-refractivity contribution in [3.8, 4) is 0 Å². The van der Waals surface area contributed by atoms with Crippen LogP contribution in [-0.4, -0.2) is 4.57 Å². The lowest BCUT2D eigenvalue weighted by atomic mass is 10.1. The molecule has 0 aliphatic rings. The third kappa shape index (κ3) is 3.16. The number of halogens is 2. The Labute approximate surface area is 124 Å². The summed E-state index contributed by atoms with van der Waals surface area (Å²) < 4.78 is 29.7. The van der Waals surface area contributed by atoms with E-state index in [9.17, 15) is 8.78 Å². The second kappa shape index (κ2) is 6.39. The number of benzene rings is 1. The van der Waals surface area contributed by atoms with Gasteiger partial charge in [-0.1, -0.05) is 6.07 Å². The SMILES string of the molecule is CCn1c(C)cc(CNC(C)c2c(F)cccc2F)c1C. The molecule has 2 rings (SSSR count). The fourth-order valence-electron chi connectivity index (χ4n) is 2.83. The Kier molecular flexibility index (Phi) is 4.78. The van der Waals surface area contributed by atoms with Gasteiger partial charge in [-0.2, -0.15) is 0 Å². The fraction of sp³-hybridized carbons (Fsp3) is 0.412. The molecule has 0 saturated heterocycles. The predicted octanol–water partition coefficient (Wildman–Crippen LogP) is 4.25. The van der Waals surface area contributed by atoms with Crippen molar-refractivity contribution in [2.75, 3.05) is 0 Å². The molecule has 1 aromatic heterocycles. The van der Waals surface area contributed by atoms with Crippen molar-refractivity contribution < 1.29 is 8.78 Å². The molecule has 1 aromatic carbocycles. The fourth-order valence-corrected chi connectivity index (χ4v) is 2.83. The van der Waals surface area contributed by atoms with E-state index in [0.717, 1.165) is 12.1 Å². The second-order valence-corrected chi connectivity index (χ2v) is 5.38. The highest BCUT2D eigenvalue weighted by Gasteiger charge is 2.16. The highest BCUT2D eigenvalue weighted by atomic mass is 19.1. The number of nitrogens with one attached hydrogen (secondary N) is 1. The van der Waals surface area contributed by atoms with E-state index in [2.05, 4.69) is 36.7 Å². The summed E-state index contributed by atoms with van der Waals surface area (Å²) in [5, 5.41) is 3.21. The number of aromatic nitrogens is 1. The molecule has 0 spiro atoms. The Morgan fingerprint density at radius 2 is 1.81 bits per heavy atom. The molecule has 1 heterocycles. The molecule has 1 unspecified atom stereocenters. The summed E-state index contributed by atoms with van der Waals surface area (Å²) in [6.45, 7) is 9.54. The smallest absolute Gasteiger partial charge is 0.130 e. The van der Waals surface area contributed by atoms with E-state index >= 15 is 0 Å². The molecular weight excluding hydrogens is 270 g/mol. The van der Waals surface area contributed by atoms with Crippen LogP contribution in [-0.2, 0) is 13.1 Å². The van der Waals surface area contributed by atoms with Crippen molar-refractivity contribution in [2.24, 2.45) is 0 Å². The van der Waals surface area contributed by atoms with Crippen molar-refractivity contribution in [3.63, 3.8) is 0 Å². The van der Waals surface area contributed by atoms with Gasteiger partial charge in [-0.3, -0.25) is 0 Å². The first-order chi connectivity index (χ1) is 9.95. The monoisotopic (exact) mass is 292 g/mol. The first-order valence-electron chi connectivity index (χ1n) is 7.28. The van der Waals surface area contributed by atoms with E-state index in [1.165, 1.54) is 29.6 Å². The van der Waals surface area contributed by atoms with Crippen LogP contribution in [0.2, 0.25) is 0 Å². The van der Waals surface area contributed by atoms with Gasteiger partial charge in [0.15, 0.2) is 0 Å². The quantitative estimate of drug-likeness (QED) is 0.871. The van der Waals surface area contributed by atoms with Gasteiger partial charge in [-0.25, -0.2) is 8.78 Å². The van der Waals surface area contributed by atoms with Crippen LogP contribution in [0.25, 0.3) is 0 Å². The lowest BCUT2D eigenvalue weighted by Gasteiger charge is -2.16. The number of rotatable bonds is 5. The van der Waals surface area contributed by atoms with Gasteiger partial charge in [0.25, 0.3) is 0 Å². The van der Waals surface area contributed by atoms with Crippen LogP contribution >= 0.6 is 0 Å². The maximum atomic E-state index is 13.7. The van der Waals surface area contributed by atoms with Crippen molar-refractivity contribution >= 4 is 0 Å². The zero-order valence-electron chi connectivity index (χ0n) is 13.0. The van der Waals surface area contributed by atoms with Crippen molar-refractivity contribution in [1.82, 2.24) is 9.88 Å². The maximum Gasteiger partial charge on any atom is 0.130 e. The highest BCUT2D eigenvalue weighted by Crippen LogP contribution is 2.21. The van der Waals surface area contributed by atoms with Gasteiger partial charge in [0.2, 0.25) is 0 Å². The van der Waals surface area contributed by atoms with Gasteiger partial charge < -0.3 is 9.88 Å². The Balaban J connectivity index is 2.13. The standard InChI is InChI=1S/C17H22F2N2/c1-5-21-11(2)9-14(13(21)4)10-20-12(3)17-15(18)7-6-8-16(17)19/h6-9,12,20H,5,10H2,1-4H3. The van der Waals surface area contributed by atoms with Gasteiger partial charge in [0.05, 0.1) is 0 Å². The first-order valence-corrected chi connectivity index (χ1v) is 7.28. The molecule has 0 radical (unpaired) electrons. The second-order valence-electron chi connectivity index (χ2n) is 5.38. The van der Waals surface area contributed by atoms with Crippen LogP contribution in [0.4, 0.5) is 8.78 Å². The summed E-state index contributed by atoms with van der Waals surface area (Å²) in [5.41, 5.74) is 3.67. The molecule has 0 saturated carbocycles. The molecular formula is C17H22F2N2. The topological polar surface area (TPSA) is 17.0 Å². The van der Waals surface area contributed by atoms with Gasteiger partial charge >= 0.3 is 0 Å². The average molecular weight is 292 g/mol. The minimum atomic E-state index is -0.506.